The monoisotopic (exact) mass is 688 g/mol. The predicted octanol–water partition coefficient (Wildman–Crippen LogP) is 7.20. The number of carboxylic acid groups (broad SMARTS) is 1. The topological polar surface area (TPSA) is 128 Å². The number of aliphatic hydroxyl groups excluding tert-OH is 1. The fraction of sp³-hybridized carbons (Fsp3) is 0.282. The first-order valence-corrected chi connectivity index (χ1v) is 17.2. The van der Waals surface area contributed by atoms with Crippen LogP contribution in [-0.2, 0) is 17.9 Å². The van der Waals surface area contributed by atoms with Crippen LogP contribution in [0.15, 0.2) is 77.5 Å². The van der Waals surface area contributed by atoms with Crippen molar-refractivity contribution < 1.29 is 19.4 Å². The highest BCUT2D eigenvalue weighted by Gasteiger charge is 2.32. The Balaban J connectivity index is 1.05. The van der Waals surface area contributed by atoms with Gasteiger partial charge in [0.1, 0.15) is 11.0 Å². The summed E-state index contributed by atoms with van der Waals surface area (Å²) in [5, 5.41) is 24.2. The summed E-state index contributed by atoms with van der Waals surface area (Å²) in [6, 6.07) is 20.3. The lowest BCUT2D eigenvalue weighted by Gasteiger charge is -2.36. The molecule has 50 heavy (non-hydrogen) atoms. The van der Waals surface area contributed by atoms with Gasteiger partial charge in [0.15, 0.2) is 11.4 Å². The number of rotatable bonds is 9. The third-order valence-corrected chi connectivity index (χ3v) is 10.2. The molecular weight excluding hydrogens is 652 g/mol. The van der Waals surface area contributed by atoms with E-state index in [2.05, 4.69) is 52.1 Å². The molecule has 0 unspecified atom stereocenters. The van der Waals surface area contributed by atoms with Crippen LogP contribution in [0.5, 0.6) is 0 Å². The summed E-state index contributed by atoms with van der Waals surface area (Å²) in [6.45, 7) is 8.18. The number of halogens is 1. The van der Waals surface area contributed by atoms with Crippen LogP contribution < -0.4 is 5.32 Å². The van der Waals surface area contributed by atoms with E-state index < -0.39 is 5.97 Å². The van der Waals surface area contributed by atoms with Crippen LogP contribution in [0.2, 0.25) is 5.02 Å². The average Bonchev–Trinajstić information content (AvgIpc) is 3.69. The van der Waals surface area contributed by atoms with Gasteiger partial charge >= 0.3 is 5.97 Å². The number of anilines is 2. The number of oxazole rings is 1. The summed E-state index contributed by atoms with van der Waals surface area (Å²) in [5.74, 6) is 0.114. The van der Waals surface area contributed by atoms with Gasteiger partial charge in [-0.2, -0.15) is 0 Å². The van der Waals surface area contributed by atoms with Crippen LogP contribution in [0.25, 0.3) is 44.6 Å². The minimum atomic E-state index is -0.754. The molecule has 0 amide bonds. The molecule has 3 aromatic heterocycles. The van der Waals surface area contributed by atoms with Crippen molar-refractivity contribution in [3.8, 4) is 22.6 Å². The second-order valence-electron chi connectivity index (χ2n) is 13.5. The molecule has 254 valence electrons. The van der Waals surface area contributed by atoms with Crippen molar-refractivity contribution in [1.82, 2.24) is 24.8 Å². The Morgan fingerprint density at radius 3 is 2.48 bits per heavy atom. The smallest absolute Gasteiger partial charge is 0.309 e. The average molecular weight is 689 g/mol. The van der Waals surface area contributed by atoms with Gasteiger partial charge in [-0.3, -0.25) is 19.6 Å². The first-order valence-electron chi connectivity index (χ1n) is 16.9. The molecule has 1 atom stereocenters. The highest BCUT2D eigenvalue weighted by Crippen LogP contribution is 2.38. The fourth-order valence-electron chi connectivity index (χ4n) is 7.21. The number of carboxylic acids is 1. The predicted molar refractivity (Wildman–Crippen MR) is 194 cm³/mol. The molecule has 0 aliphatic carbocycles. The van der Waals surface area contributed by atoms with Crippen LogP contribution in [0, 0.1) is 19.8 Å². The summed E-state index contributed by atoms with van der Waals surface area (Å²) in [7, 11) is 0. The molecule has 5 heterocycles. The number of hydrogen-bond acceptors (Lipinski definition) is 9. The third kappa shape index (κ3) is 6.20. The van der Waals surface area contributed by atoms with Crippen LogP contribution >= 0.6 is 11.6 Å². The van der Waals surface area contributed by atoms with Gasteiger partial charge in [-0.1, -0.05) is 35.9 Å². The second-order valence-corrected chi connectivity index (χ2v) is 13.9. The number of aliphatic carboxylic acids is 1. The maximum Gasteiger partial charge on any atom is 0.309 e. The molecule has 0 bridgehead atoms. The van der Waals surface area contributed by atoms with Crippen molar-refractivity contribution in [2.75, 3.05) is 31.5 Å². The third-order valence-electron chi connectivity index (χ3n) is 9.97. The van der Waals surface area contributed by atoms with Crippen LogP contribution in [0.1, 0.15) is 28.7 Å². The molecule has 2 aliphatic heterocycles. The van der Waals surface area contributed by atoms with E-state index in [4.69, 9.17) is 26.0 Å². The highest BCUT2D eigenvalue weighted by atomic mass is 35.5. The normalized spacial score (nSPS) is 17.1. The van der Waals surface area contributed by atoms with Gasteiger partial charge < -0.3 is 19.9 Å². The van der Waals surface area contributed by atoms with E-state index in [0.717, 1.165) is 75.0 Å². The maximum absolute atomic E-state index is 11.2. The molecule has 2 aliphatic rings. The van der Waals surface area contributed by atoms with E-state index in [9.17, 15) is 15.0 Å². The number of likely N-dealkylation sites (tertiary alicyclic amines) is 2. The minimum Gasteiger partial charge on any atom is -0.481 e. The summed E-state index contributed by atoms with van der Waals surface area (Å²) in [6.07, 6.45) is 4.27. The highest BCUT2D eigenvalue weighted by molar-refractivity contribution is 6.34. The Morgan fingerprint density at radius 1 is 0.940 bits per heavy atom. The largest absolute Gasteiger partial charge is 0.481 e. The zero-order valence-electron chi connectivity index (χ0n) is 27.9. The van der Waals surface area contributed by atoms with E-state index in [0.29, 0.717) is 54.0 Å². The van der Waals surface area contributed by atoms with Crippen molar-refractivity contribution in [2.24, 2.45) is 5.92 Å². The number of fused-ring (bicyclic) bond motifs is 2. The molecule has 10 nitrogen and oxygen atoms in total. The Bertz CT molecular complexity index is 2270. The second kappa shape index (κ2) is 13.1. The summed E-state index contributed by atoms with van der Waals surface area (Å²) in [4.78, 5) is 29.9. The van der Waals surface area contributed by atoms with E-state index in [1.165, 1.54) is 0 Å². The van der Waals surface area contributed by atoms with Crippen molar-refractivity contribution in [1.29, 1.82) is 0 Å². The SMILES string of the molecule is Cc1c(Nc2nccc3cc(CN4CC[C@H](O)C4)cnc23)cccc1-c1cccc(-c2nc3cc(CN4CC(C(=O)O)C4)cc(Cl)c3o2)c1C. The van der Waals surface area contributed by atoms with Crippen LogP contribution in [-0.4, -0.2) is 73.2 Å². The van der Waals surface area contributed by atoms with E-state index >= 15 is 0 Å². The first kappa shape index (κ1) is 32.3. The van der Waals surface area contributed by atoms with Crippen molar-refractivity contribution in [2.45, 2.75) is 39.5 Å². The molecule has 0 spiro atoms. The molecule has 3 N–H and O–H groups in total. The number of pyridine rings is 2. The van der Waals surface area contributed by atoms with Gasteiger partial charge in [0.05, 0.1) is 17.0 Å². The molecule has 2 fully saturated rings. The van der Waals surface area contributed by atoms with Crippen LogP contribution in [0.3, 0.4) is 0 Å². The number of aromatic nitrogens is 3. The quantitative estimate of drug-likeness (QED) is 0.143. The minimum absolute atomic E-state index is 0.248. The molecule has 11 heteroatoms. The van der Waals surface area contributed by atoms with Gasteiger partial charge in [-0.05, 0) is 90.0 Å². The zero-order chi connectivity index (χ0) is 34.5. The van der Waals surface area contributed by atoms with Crippen LogP contribution in [0.4, 0.5) is 11.5 Å². The van der Waals surface area contributed by atoms with Crippen molar-refractivity contribution >= 4 is 51.1 Å². The standard InChI is InChI=1S/C39H37ClN6O4/c1-22-29(5-3-7-31(22)38-44-34-15-24(14-32(40)36(34)50-38)17-46-19-27(20-46)39(48)49)30-6-4-8-33(23(30)2)43-37-35-26(9-11-41-37)13-25(16-42-35)18-45-12-10-28(47)21-45/h3-9,11,13-16,27-28,47H,10,12,17-21H2,1-2H3,(H,41,43)(H,48,49)/t28-/m0/s1. The van der Waals surface area contributed by atoms with Gasteiger partial charge in [-0.15, -0.1) is 0 Å². The molecule has 3 aromatic carbocycles. The summed E-state index contributed by atoms with van der Waals surface area (Å²) in [5.41, 5.74) is 10.1. The molecule has 2 saturated heterocycles. The van der Waals surface area contributed by atoms with E-state index in [1.807, 2.05) is 48.7 Å². The van der Waals surface area contributed by atoms with Gasteiger partial charge in [0.25, 0.3) is 0 Å². The van der Waals surface area contributed by atoms with Gasteiger partial charge in [-0.25, -0.2) is 9.97 Å². The van der Waals surface area contributed by atoms with Crippen molar-refractivity contribution in [3.05, 3.63) is 100 Å². The first-order chi connectivity index (χ1) is 24.2. The lowest BCUT2D eigenvalue weighted by Crippen LogP contribution is -2.49. The lowest BCUT2D eigenvalue weighted by atomic mass is 9.93. The summed E-state index contributed by atoms with van der Waals surface area (Å²) >= 11 is 6.67. The number of aliphatic hydroxyl groups is 1. The number of nitrogens with zero attached hydrogens (tertiary/aromatic N) is 5. The van der Waals surface area contributed by atoms with Gasteiger partial charge in [0.2, 0.25) is 5.89 Å². The summed E-state index contributed by atoms with van der Waals surface area (Å²) < 4.78 is 6.25. The Morgan fingerprint density at radius 2 is 1.70 bits per heavy atom. The van der Waals surface area contributed by atoms with Gasteiger partial charge in [0, 0.05) is 68.3 Å². The Kier molecular flexibility index (Phi) is 8.48. The number of benzene rings is 3. The maximum atomic E-state index is 11.2. The zero-order valence-corrected chi connectivity index (χ0v) is 28.6. The number of β-amino-alcohol motifs (C(OH)–C–C–N with tert-alkyl or cyclic N) is 1. The Hall–Kier alpha value is -4.87. The van der Waals surface area contributed by atoms with E-state index in [-0.39, 0.29) is 12.0 Å². The van der Waals surface area contributed by atoms with Crippen molar-refractivity contribution in [3.63, 3.8) is 0 Å². The molecule has 6 aromatic rings. The van der Waals surface area contributed by atoms with E-state index in [1.54, 1.807) is 6.20 Å². The molecular formula is C39H37ClN6O4. The fourth-order valence-corrected chi connectivity index (χ4v) is 7.49. The molecule has 0 radical (unpaired) electrons. The number of nitrogens with one attached hydrogen (secondary N) is 1. The molecule has 8 rings (SSSR count). The number of carbonyl (C=O) groups is 1. The lowest BCUT2D eigenvalue weighted by molar-refractivity contribution is -0.147. The number of hydrogen-bond donors (Lipinski definition) is 3. The molecule has 0 saturated carbocycles. The Labute approximate surface area is 294 Å².